The zero-order valence-electron chi connectivity index (χ0n) is 16.5. The fourth-order valence-electron chi connectivity index (χ4n) is 3.14. The molecular weight excluding hydrogens is 469 g/mol. The van der Waals surface area contributed by atoms with Gasteiger partial charge >= 0.3 is 6.18 Å². The largest absolute Gasteiger partial charge is 0.433 e. The van der Waals surface area contributed by atoms with Gasteiger partial charge in [0, 0.05) is 18.1 Å². The Morgan fingerprint density at radius 3 is 2.59 bits per heavy atom. The quantitative estimate of drug-likeness (QED) is 0.488. The molecule has 1 aliphatic heterocycles. The van der Waals surface area contributed by atoms with Crippen molar-refractivity contribution in [2.75, 3.05) is 18.5 Å². The molecule has 1 aliphatic rings. The summed E-state index contributed by atoms with van der Waals surface area (Å²) in [5.41, 5.74) is -0.0257. The molecule has 4 rings (SSSR count). The average molecular weight is 487 g/mol. The number of hydrogen-bond acceptors (Lipinski definition) is 8. The predicted molar refractivity (Wildman–Crippen MR) is 111 cm³/mol. The van der Waals surface area contributed by atoms with E-state index in [0.717, 1.165) is 28.3 Å². The molecular formula is C18H17F3N6O3S2. The highest BCUT2D eigenvalue weighted by atomic mass is 32.2. The minimum absolute atomic E-state index is 0.101. The lowest BCUT2D eigenvalue weighted by atomic mass is 10.0. The zero-order chi connectivity index (χ0) is 23.1. The molecule has 14 heteroatoms. The first kappa shape index (κ1) is 22.5. The van der Waals surface area contributed by atoms with Crippen LogP contribution in [0.3, 0.4) is 0 Å². The van der Waals surface area contributed by atoms with Gasteiger partial charge in [-0.05, 0) is 36.2 Å². The van der Waals surface area contributed by atoms with Crippen LogP contribution in [0.25, 0.3) is 10.4 Å². The zero-order valence-corrected chi connectivity index (χ0v) is 18.1. The van der Waals surface area contributed by atoms with Crippen LogP contribution < -0.4 is 15.2 Å². The molecule has 9 nitrogen and oxygen atoms in total. The smallest absolute Gasteiger partial charge is 0.376 e. The summed E-state index contributed by atoms with van der Waals surface area (Å²) in [4.78, 5) is 12.4. The van der Waals surface area contributed by atoms with E-state index < -0.39 is 27.6 Å². The molecule has 0 radical (unpaired) electrons. The fraction of sp³-hybridized carbons (Fsp3) is 0.278. The second kappa shape index (κ2) is 8.04. The van der Waals surface area contributed by atoms with E-state index in [0.29, 0.717) is 10.7 Å². The minimum Gasteiger partial charge on any atom is -0.376 e. The number of thiazole rings is 1. The van der Waals surface area contributed by atoms with E-state index in [1.165, 1.54) is 11.3 Å². The van der Waals surface area contributed by atoms with Gasteiger partial charge in [0.05, 0.1) is 18.1 Å². The lowest BCUT2D eigenvalue weighted by Gasteiger charge is -2.39. The molecule has 3 aromatic rings. The van der Waals surface area contributed by atoms with Gasteiger partial charge < -0.3 is 10.1 Å². The van der Waals surface area contributed by atoms with Crippen molar-refractivity contribution in [1.29, 1.82) is 0 Å². The van der Waals surface area contributed by atoms with Crippen LogP contribution in [0.4, 0.5) is 24.8 Å². The van der Waals surface area contributed by atoms with Crippen LogP contribution in [0.15, 0.2) is 36.7 Å². The summed E-state index contributed by atoms with van der Waals surface area (Å²) >= 11 is 1.26. The third kappa shape index (κ3) is 4.88. The van der Waals surface area contributed by atoms with Gasteiger partial charge in [0.1, 0.15) is 16.2 Å². The number of anilines is 2. The summed E-state index contributed by atoms with van der Waals surface area (Å²) in [6.07, 6.45) is -1.96. The number of nitrogens with one attached hydrogen (secondary N) is 2. The van der Waals surface area contributed by atoms with Gasteiger partial charge in [0.15, 0.2) is 0 Å². The number of nitrogens with two attached hydrogens (primary N) is 1. The van der Waals surface area contributed by atoms with E-state index in [9.17, 15) is 21.6 Å². The Hall–Kier alpha value is -2.65. The van der Waals surface area contributed by atoms with Crippen LogP contribution in [0.1, 0.15) is 16.3 Å². The molecule has 32 heavy (non-hydrogen) atoms. The van der Waals surface area contributed by atoms with Crippen molar-refractivity contribution in [2.45, 2.75) is 18.6 Å². The first-order chi connectivity index (χ1) is 14.9. The van der Waals surface area contributed by atoms with E-state index in [4.69, 9.17) is 9.88 Å². The molecule has 1 saturated heterocycles. The van der Waals surface area contributed by atoms with Gasteiger partial charge in [-0.3, -0.25) is 0 Å². The molecule has 0 spiro atoms. The second-order valence-corrected chi connectivity index (χ2v) is 9.55. The second-order valence-electron chi connectivity index (χ2n) is 7.23. The van der Waals surface area contributed by atoms with Crippen molar-refractivity contribution in [2.24, 2.45) is 5.14 Å². The number of aromatic nitrogens is 3. The van der Waals surface area contributed by atoms with Crippen molar-refractivity contribution < 1.29 is 26.3 Å². The number of hydrogen-bond donors (Lipinski definition) is 3. The molecule has 0 aliphatic carbocycles. The Bertz CT molecular complexity index is 1260. The van der Waals surface area contributed by atoms with Gasteiger partial charge in [-0.25, -0.2) is 20.1 Å². The molecule has 3 heterocycles. The summed E-state index contributed by atoms with van der Waals surface area (Å²) in [5.74, 6) is -0.190. The van der Waals surface area contributed by atoms with Crippen molar-refractivity contribution in [3.8, 4) is 10.4 Å². The number of halogens is 3. The Labute approximate surface area is 185 Å². The van der Waals surface area contributed by atoms with Gasteiger partial charge in [0.25, 0.3) is 10.2 Å². The standard InChI is InChI=1S/C18H17F3N6O3S2/c1-10-4-11(6-12(5-10)25-16-23-3-2-14(26-16)18(19,20)21)13-7-24-15(31-13)17(8-30-9-17)27-32(22,28)29/h2-7,27H,8-9H2,1H3,(H2,22,28,29)(H,23,25,26). The van der Waals surface area contributed by atoms with E-state index in [1.807, 2.05) is 13.0 Å². The molecule has 0 bridgehead atoms. The normalized spacial score (nSPS) is 15.9. The maximum Gasteiger partial charge on any atom is 0.433 e. The fourth-order valence-corrected chi connectivity index (χ4v) is 4.98. The van der Waals surface area contributed by atoms with Crippen LogP contribution in [-0.2, 0) is 26.7 Å². The van der Waals surface area contributed by atoms with Crippen LogP contribution in [-0.4, -0.2) is 36.6 Å². The molecule has 0 unspecified atom stereocenters. The van der Waals surface area contributed by atoms with Crippen molar-refractivity contribution in [3.05, 3.63) is 52.9 Å². The molecule has 4 N–H and O–H groups in total. The van der Waals surface area contributed by atoms with E-state index in [-0.39, 0.29) is 19.2 Å². The van der Waals surface area contributed by atoms with Crippen molar-refractivity contribution in [3.63, 3.8) is 0 Å². The summed E-state index contributed by atoms with van der Waals surface area (Å²) in [6, 6.07) is 6.11. The minimum atomic E-state index is -4.58. The third-order valence-corrected chi connectivity index (χ3v) is 6.44. The number of aryl methyl sites for hydroxylation is 1. The summed E-state index contributed by atoms with van der Waals surface area (Å²) in [6.45, 7) is 2.03. The van der Waals surface area contributed by atoms with Crippen molar-refractivity contribution in [1.82, 2.24) is 19.7 Å². The molecule has 0 amide bonds. The van der Waals surface area contributed by atoms with Crippen LogP contribution in [0.2, 0.25) is 0 Å². The highest BCUT2D eigenvalue weighted by Gasteiger charge is 2.45. The maximum atomic E-state index is 12.9. The first-order valence-electron chi connectivity index (χ1n) is 9.09. The van der Waals surface area contributed by atoms with Gasteiger partial charge in [-0.1, -0.05) is 6.07 Å². The Morgan fingerprint density at radius 1 is 1.22 bits per heavy atom. The summed E-state index contributed by atoms with van der Waals surface area (Å²) in [7, 11) is -3.98. The Kier molecular flexibility index (Phi) is 5.67. The lowest BCUT2D eigenvalue weighted by Crippen LogP contribution is -2.60. The highest BCUT2D eigenvalue weighted by Crippen LogP contribution is 2.37. The number of benzene rings is 1. The number of rotatable bonds is 6. The monoisotopic (exact) mass is 486 g/mol. The van der Waals surface area contributed by atoms with Gasteiger partial charge in [-0.15, -0.1) is 11.3 Å². The Balaban J connectivity index is 1.62. The number of nitrogens with zero attached hydrogens (tertiary/aromatic N) is 3. The van der Waals surface area contributed by atoms with Crippen molar-refractivity contribution >= 4 is 33.2 Å². The van der Waals surface area contributed by atoms with E-state index >= 15 is 0 Å². The van der Waals surface area contributed by atoms with Crippen LogP contribution in [0.5, 0.6) is 0 Å². The molecule has 2 aromatic heterocycles. The third-order valence-electron chi connectivity index (χ3n) is 4.51. The van der Waals surface area contributed by atoms with Crippen LogP contribution in [0, 0.1) is 6.92 Å². The van der Waals surface area contributed by atoms with Crippen LogP contribution >= 0.6 is 11.3 Å². The van der Waals surface area contributed by atoms with Gasteiger partial charge in [-0.2, -0.15) is 26.3 Å². The predicted octanol–water partition coefficient (Wildman–Crippen LogP) is 2.69. The molecule has 1 aromatic carbocycles. The molecule has 170 valence electrons. The first-order valence-corrected chi connectivity index (χ1v) is 11.4. The number of alkyl halides is 3. The lowest BCUT2D eigenvalue weighted by molar-refractivity contribution is -0.141. The topological polar surface area (TPSA) is 132 Å². The van der Waals surface area contributed by atoms with E-state index in [2.05, 4.69) is 25.0 Å². The summed E-state index contributed by atoms with van der Waals surface area (Å²) < 4.78 is 69.3. The molecule has 1 fully saturated rings. The molecule has 0 atom stereocenters. The maximum absolute atomic E-state index is 12.9. The highest BCUT2D eigenvalue weighted by molar-refractivity contribution is 7.87. The SMILES string of the molecule is Cc1cc(Nc2nccc(C(F)(F)F)n2)cc(-c2cnc(C3(NS(N)(=O)=O)COC3)s2)c1. The summed E-state index contributed by atoms with van der Waals surface area (Å²) in [5, 5.41) is 8.41. The molecule has 0 saturated carbocycles. The van der Waals surface area contributed by atoms with E-state index in [1.54, 1.807) is 18.3 Å². The van der Waals surface area contributed by atoms with Gasteiger partial charge in [0.2, 0.25) is 5.95 Å². The number of ether oxygens (including phenoxy) is 1. The Morgan fingerprint density at radius 2 is 1.97 bits per heavy atom. The average Bonchev–Trinajstić information content (AvgIpc) is 3.13.